The second-order valence-electron chi connectivity index (χ2n) is 4.32. The fourth-order valence-electron chi connectivity index (χ4n) is 2.00. The van der Waals surface area contributed by atoms with E-state index in [-0.39, 0.29) is 18.4 Å². The summed E-state index contributed by atoms with van der Waals surface area (Å²) in [5.74, 6) is 0.485. The highest BCUT2D eigenvalue weighted by molar-refractivity contribution is 5.94. The number of carbonyl (C=O) groups excluding carboxylic acids is 1. The van der Waals surface area contributed by atoms with Crippen molar-refractivity contribution in [2.45, 2.75) is 12.8 Å². The van der Waals surface area contributed by atoms with Gasteiger partial charge in [-0.1, -0.05) is 12.1 Å². The number of para-hydroxylation sites is 2. The molecule has 0 spiro atoms. The first-order valence-corrected chi connectivity index (χ1v) is 6.28. The van der Waals surface area contributed by atoms with Gasteiger partial charge < -0.3 is 14.8 Å². The number of carbonyl (C=O) groups is 1. The molecule has 1 heterocycles. The van der Waals surface area contributed by atoms with Gasteiger partial charge in [-0.25, -0.2) is 0 Å². The van der Waals surface area contributed by atoms with E-state index in [1.54, 1.807) is 18.2 Å². The van der Waals surface area contributed by atoms with Gasteiger partial charge in [-0.05, 0) is 25.0 Å². The van der Waals surface area contributed by atoms with Crippen molar-refractivity contribution in [2.24, 2.45) is 5.92 Å². The molecule has 0 aliphatic carbocycles. The number of ether oxygens (including phenoxy) is 2. The van der Waals surface area contributed by atoms with Crippen LogP contribution in [0.5, 0.6) is 5.75 Å². The van der Waals surface area contributed by atoms with Crippen molar-refractivity contribution in [1.29, 1.82) is 5.26 Å². The van der Waals surface area contributed by atoms with Gasteiger partial charge in [0.15, 0.2) is 6.61 Å². The van der Waals surface area contributed by atoms with Crippen LogP contribution in [0.15, 0.2) is 24.3 Å². The quantitative estimate of drug-likeness (QED) is 0.898. The summed E-state index contributed by atoms with van der Waals surface area (Å²) >= 11 is 0. The predicted octanol–water partition coefficient (Wildman–Crippen LogP) is 1.95. The smallest absolute Gasteiger partial charge is 0.227 e. The average molecular weight is 260 g/mol. The van der Waals surface area contributed by atoms with Gasteiger partial charge in [-0.2, -0.15) is 5.26 Å². The van der Waals surface area contributed by atoms with E-state index in [4.69, 9.17) is 14.7 Å². The first kappa shape index (κ1) is 13.4. The van der Waals surface area contributed by atoms with E-state index >= 15 is 0 Å². The maximum Gasteiger partial charge on any atom is 0.227 e. The third-order valence-electron chi connectivity index (χ3n) is 3.03. The highest BCUT2D eigenvalue weighted by Crippen LogP contribution is 2.25. The van der Waals surface area contributed by atoms with Crippen LogP contribution in [0.25, 0.3) is 0 Å². The summed E-state index contributed by atoms with van der Waals surface area (Å²) in [5, 5.41) is 11.4. The topological polar surface area (TPSA) is 71.3 Å². The number of nitrogens with one attached hydrogen (secondary N) is 1. The van der Waals surface area contributed by atoms with Crippen LogP contribution in [0, 0.1) is 17.2 Å². The highest BCUT2D eigenvalue weighted by Gasteiger charge is 2.22. The maximum absolute atomic E-state index is 12.1. The molecule has 2 rings (SSSR count). The Bertz CT molecular complexity index is 476. The molecule has 1 aliphatic rings. The number of rotatable bonds is 4. The number of hydrogen-bond acceptors (Lipinski definition) is 4. The molecule has 0 aromatic heterocycles. The fourth-order valence-corrected chi connectivity index (χ4v) is 2.00. The third-order valence-corrected chi connectivity index (χ3v) is 3.03. The third kappa shape index (κ3) is 3.70. The number of amides is 1. The molecule has 0 radical (unpaired) electrons. The standard InChI is InChI=1S/C14H16N2O3/c15-7-10-19-13-4-2-1-3-12(13)16-14(17)11-5-8-18-9-6-11/h1-4,11H,5-6,8-10H2,(H,16,17). The molecule has 0 bridgehead atoms. The molecule has 1 saturated heterocycles. The van der Waals surface area contributed by atoms with Crippen LogP contribution >= 0.6 is 0 Å². The molecule has 19 heavy (non-hydrogen) atoms. The summed E-state index contributed by atoms with van der Waals surface area (Å²) in [6.45, 7) is 1.22. The molecular formula is C14H16N2O3. The number of nitrogens with zero attached hydrogens (tertiary/aromatic N) is 1. The molecule has 0 unspecified atom stereocenters. The molecule has 5 nitrogen and oxygen atoms in total. The Balaban J connectivity index is 2.01. The van der Waals surface area contributed by atoms with Crippen molar-refractivity contribution in [1.82, 2.24) is 0 Å². The minimum atomic E-state index is -0.0375. The summed E-state index contributed by atoms with van der Waals surface area (Å²) in [4.78, 5) is 12.1. The molecular weight excluding hydrogens is 244 g/mol. The lowest BCUT2D eigenvalue weighted by Crippen LogP contribution is -2.28. The van der Waals surface area contributed by atoms with Gasteiger partial charge >= 0.3 is 0 Å². The van der Waals surface area contributed by atoms with Crippen molar-refractivity contribution in [3.05, 3.63) is 24.3 Å². The fraction of sp³-hybridized carbons (Fsp3) is 0.429. The zero-order chi connectivity index (χ0) is 13.5. The van der Waals surface area contributed by atoms with Gasteiger partial charge in [0.1, 0.15) is 11.8 Å². The van der Waals surface area contributed by atoms with Crippen LogP contribution in [0.1, 0.15) is 12.8 Å². The van der Waals surface area contributed by atoms with Crippen molar-refractivity contribution >= 4 is 11.6 Å². The van der Waals surface area contributed by atoms with E-state index < -0.39 is 0 Å². The molecule has 5 heteroatoms. The number of hydrogen-bond donors (Lipinski definition) is 1. The number of nitriles is 1. The van der Waals surface area contributed by atoms with Crippen molar-refractivity contribution in [3.8, 4) is 11.8 Å². The van der Waals surface area contributed by atoms with Crippen LogP contribution in [0.4, 0.5) is 5.69 Å². The van der Waals surface area contributed by atoms with Gasteiger partial charge in [-0.3, -0.25) is 4.79 Å². The first-order valence-electron chi connectivity index (χ1n) is 6.28. The molecule has 0 saturated carbocycles. The summed E-state index contributed by atoms with van der Waals surface area (Å²) in [5.41, 5.74) is 0.606. The summed E-state index contributed by atoms with van der Waals surface area (Å²) in [6, 6.07) is 9.03. The first-order chi connectivity index (χ1) is 9.31. The minimum absolute atomic E-state index is 0.0160. The Kier molecular flexibility index (Phi) is 4.76. The molecule has 1 N–H and O–H groups in total. The van der Waals surface area contributed by atoms with Gasteiger partial charge in [-0.15, -0.1) is 0 Å². The van der Waals surface area contributed by atoms with Gasteiger partial charge in [0.05, 0.1) is 5.69 Å². The van der Waals surface area contributed by atoms with Gasteiger partial charge in [0.25, 0.3) is 0 Å². The van der Waals surface area contributed by atoms with E-state index in [1.807, 2.05) is 12.1 Å². The van der Waals surface area contributed by atoms with E-state index in [9.17, 15) is 4.79 Å². The van der Waals surface area contributed by atoms with E-state index in [0.717, 1.165) is 12.8 Å². The van der Waals surface area contributed by atoms with Crippen LogP contribution in [-0.2, 0) is 9.53 Å². The second kappa shape index (κ2) is 6.76. The maximum atomic E-state index is 12.1. The Morgan fingerprint density at radius 1 is 1.42 bits per heavy atom. The van der Waals surface area contributed by atoms with Crippen LogP contribution in [-0.4, -0.2) is 25.7 Å². The SMILES string of the molecule is N#CCOc1ccccc1NC(=O)C1CCOCC1. The zero-order valence-electron chi connectivity index (χ0n) is 10.6. The van der Waals surface area contributed by atoms with E-state index in [1.165, 1.54) is 0 Å². The lowest BCUT2D eigenvalue weighted by atomic mass is 9.99. The molecule has 1 amide bonds. The minimum Gasteiger partial charge on any atom is -0.477 e. The Labute approximate surface area is 112 Å². The largest absolute Gasteiger partial charge is 0.477 e. The van der Waals surface area contributed by atoms with Crippen LogP contribution < -0.4 is 10.1 Å². The Morgan fingerprint density at radius 3 is 2.89 bits per heavy atom. The second-order valence-corrected chi connectivity index (χ2v) is 4.32. The molecule has 1 fully saturated rings. The molecule has 0 atom stereocenters. The van der Waals surface area contributed by atoms with Gasteiger partial charge in [0, 0.05) is 19.1 Å². The predicted molar refractivity (Wildman–Crippen MR) is 69.7 cm³/mol. The highest BCUT2D eigenvalue weighted by atomic mass is 16.5. The molecule has 1 aliphatic heterocycles. The lowest BCUT2D eigenvalue weighted by molar-refractivity contribution is -0.122. The zero-order valence-corrected chi connectivity index (χ0v) is 10.6. The van der Waals surface area contributed by atoms with E-state index in [0.29, 0.717) is 24.7 Å². The van der Waals surface area contributed by atoms with Crippen molar-refractivity contribution in [2.75, 3.05) is 25.1 Å². The van der Waals surface area contributed by atoms with Gasteiger partial charge in [0.2, 0.25) is 5.91 Å². The molecule has 100 valence electrons. The molecule has 1 aromatic carbocycles. The van der Waals surface area contributed by atoms with Crippen LogP contribution in [0.2, 0.25) is 0 Å². The number of anilines is 1. The van der Waals surface area contributed by atoms with Crippen LogP contribution in [0.3, 0.4) is 0 Å². The number of benzene rings is 1. The Hall–Kier alpha value is -2.06. The summed E-state index contributed by atoms with van der Waals surface area (Å²) in [6.07, 6.45) is 1.49. The van der Waals surface area contributed by atoms with Crippen molar-refractivity contribution in [3.63, 3.8) is 0 Å². The monoisotopic (exact) mass is 260 g/mol. The average Bonchev–Trinajstić information content (AvgIpc) is 2.47. The summed E-state index contributed by atoms with van der Waals surface area (Å²) < 4.78 is 10.5. The lowest BCUT2D eigenvalue weighted by Gasteiger charge is -2.21. The Morgan fingerprint density at radius 2 is 2.16 bits per heavy atom. The molecule has 1 aromatic rings. The van der Waals surface area contributed by atoms with E-state index in [2.05, 4.69) is 5.32 Å². The normalized spacial score (nSPS) is 15.5. The van der Waals surface area contributed by atoms with Crippen molar-refractivity contribution < 1.29 is 14.3 Å². The summed E-state index contributed by atoms with van der Waals surface area (Å²) in [7, 11) is 0.